The van der Waals surface area contributed by atoms with Crippen molar-refractivity contribution in [2.45, 2.75) is 6.42 Å². The lowest BCUT2D eigenvalue weighted by Gasteiger charge is -2.25. The maximum Gasteiger partial charge on any atom is 0.338 e. The number of hydrogen-bond acceptors (Lipinski definition) is 4. The number of amides is 1. The molecule has 6 nitrogen and oxygen atoms in total. The van der Waals surface area contributed by atoms with Crippen LogP contribution < -0.4 is 0 Å². The predicted octanol–water partition coefficient (Wildman–Crippen LogP) is 1.40. The first-order chi connectivity index (χ1) is 9.11. The maximum absolute atomic E-state index is 12.1. The van der Waals surface area contributed by atoms with Crippen molar-refractivity contribution in [3.05, 3.63) is 35.3 Å². The molecule has 1 aromatic rings. The minimum atomic E-state index is -1.11. The molecule has 0 bridgehead atoms. The normalized spacial score (nSPS) is 15.2. The summed E-state index contributed by atoms with van der Waals surface area (Å²) in [6.45, 7) is 1.64. The molecule has 0 spiro atoms. The van der Waals surface area contributed by atoms with Gasteiger partial charge < -0.3 is 19.2 Å². The second kappa shape index (κ2) is 5.71. The van der Waals surface area contributed by atoms with Crippen LogP contribution in [0.2, 0.25) is 0 Å². The fourth-order valence-corrected chi connectivity index (χ4v) is 1.93. The minimum absolute atomic E-state index is 0.0176. The van der Waals surface area contributed by atoms with E-state index in [9.17, 15) is 9.59 Å². The number of carbonyl (C=O) groups excluding carboxylic acids is 1. The Morgan fingerprint density at radius 1 is 1.53 bits per heavy atom. The van der Waals surface area contributed by atoms with Crippen LogP contribution in [0.4, 0.5) is 0 Å². The second-order valence-corrected chi connectivity index (χ2v) is 4.30. The number of rotatable bonds is 4. The number of ether oxygens (including phenoxy) is 1. The van der Waals surface area contributed by atoms with E-state index in [1.54, 1.807) is 12.0 Å². The van der Waals surface area contributed by atoms with Crippen LogP contribution >= 0.6 is 0 Å². The van der Waals surface area contributed by atoms with Crippen LogP contribution in [0, 0.1) is 0 Å². The zero-order valence-corrected chi connectivity index (χ0v) is 10.6. The number of carboxylic acid groups (broad SMARTS) is 1. The van der Waals surface area contributed by atoms with Gasteiger partial charge in [0.2, 0.25) is 0 Å². The largest absolute Gasteiger partial charge is 0.478 e. The Morgan fingerprint density at radius 2 is 2.32 bits per heavy atom. The van der Waals surface area contributed by atoms with Gasteiger partial charge in [0.15, 0.2) is 5.76 Å². The SMILES string of the molecule is COCC1=CCN(C(=O)c2cc(C(=O)O)co2)CC1. The Balaban J connectivity index is 2.02. The van der Waals surface area contributed by atoms with E-state index in [1.165, 1.54) is 6.07 Å². The van der Waals surface area contributed by atoms with Crippen molar-refractivity contribution in [3.8, 4) is 0 Å². The highest BCUT2D eigenvalue weighted by atomic mass is 16.5. The van der Waals surface area contributed by atoms with Gasteiger partial charge in [0.1, 0.15) is 6.26 Å². The summed E-state index contributed by atoms with van der Waals surface area (Å²) in [6.07, 6.45) is 3.78. The summed E-state index contributed by atoms with van der Waals surface area (Å²) < 4.78 is 10.0. The van der Waals surface area contributed by atoms with Gasteiger partial charge in [-0.25, -0.2) is 4.79 Å². The van der Waals surface area contributed by atoms with Gasteiger partial charge in [-0.15, -0.1) is 0 Å². The molecule has 1 aliphatic rings. The van der Waals surface area contributed by atoms with Crippen LogP contribution in [-0.2, 0) is 4.74 Å². The first kappa shape index (κ1) is 13.4. The van der Waals surface area contributed by atoms with E-state index in [4.69, 9.17) is 14.3 Å². The van der Waals surface area contributed by atoms with Gasteiger partial charge in [-0.2, -0.15) is 0 Å². The topological polar surface area (TPSA) is 80.0 Å². The second-order valence-electron chi connectivity index (χ2n) is 4.30. The van der Waals surface area contributed by atoms with E-state index in [-0.39, 0.29) is 17.2 Å². The van der Waals surface area contributed by atoms with Gasteiger partial charge in [-0.3, -0.25) is 4.79 Å². The average Bonchev–Trinajstić information content (AvgIpc) is 2.89. The molecular formula is C13H15NO5. The highest BCUT2D eigenvalue weighted by Crippen LogP contribution is 2.16. The smallest absolute Gasteiger partial charge is 0.338 e. The molecule has 1 amide bonds. The van der Waals surface area contributed by atoms with Crippen molar-refractivity contribution < 1.29 is 23.8 Å². The molecule has 1 N–H and O–H groups in total. The lowest BCUT2D eigenvalue weighted by molar-refractivity contribution is 0.0694. The molecule has 2 rings (SSSR count). The molecule has 0 saturated heterocycles. The summed E-state index contributed by atoms with van der Waals surface area (Å²) in [5, 5.41) is 8.78. The van der Waals surface area contributed by atoms with E-state index >= 15 is 0 Å². The highest BCUT2D eigenvalue weighted by Gasteiger charge is 2.22. The van der Waals surface area contributed by atoms with Crippen molar-refractivity contribution in [1.29, 1.82) is 0 Å². The maximum atomic E-state index is 12.1. The molecule has 0 saturated carbocycles. The summed E-state index contributed by atoms with van der Waals surface area (Å²) in [5.41, 5.74) is 1.15. The lowest BCUT2D eigenvalue weighted by Crippen LogP contribution is -2.35. The average molecular weight is 265 g/mol. The number of aromatic carboxylic acids is 1. The Morgan fingerprint density at radius 3 is 2.84 bits per heavy atom. The molecular weight excluding hydrogens is 250 g/mol. The van der Waals surface area contributed by atoms with Crippen molar-refractivity contribution in [2.75, 3.05) is 26.8 Å². The third kappa shape index (κ3) is 3.03. The van der Waals surface area contributed by atoms with E-state index in [1.807, 2.05) is 6.08 Å². The first-order valence-corrected chi connectivity index (χ1v) is 5.89. The van der Waals surface area contributed by atoms with E-state index in [2.05, 4.69) is 0 Å². The zero-order chi connectivity index (χ0) is 13.8. The van der Waals surface area contributed by atoms with Gasteiger partial charge >= 0.3 is 5.97 Å². The van der Waals surface area contributed by atoms with E-state index in [0.29, 0.717) is 19.7 Å². The Kier molecular flexibility index (Phi) is 4.01. The standard InChI is InChI=1S/C13H15NO5/c1-18-7-9-2-4-14(5-3-9)12(15)11-6-10(8-19-11)13(16)17/h2,6,8H,3-5,7H2,1H3,(H,16,17). The molecule has 0 radical (unpaired) electrons. The third-order valence-corrected chi connectivity index (χ3v) is 2.98. The van der Waals surface area contributed by atoms with Crippen LogP contribution in [0.15, 0.2) is 28.4 Å². The summed E-state index contributed by atoms with van der Waals surface area (Å²) in [6, 6.07) is 1.25. The van der Waals surface area contributed by atoms with Crippen LogP contribution in [0.25, 0.3) is 0 Å². The highest BCUT2D eigenvalue weighted by molar-refractivity contribution is 5.95. The van der Waals surface area contributed by atoms with Crippen molar-refractivity contribution in [3.63, 3.8) is 0 Å². The fraction of sp³-hybridized carbons (Fsp3) is 0.385. The number of carboxylic acids is 1. The lowest BCUT2D eigenvalue weighted by atomic mass is 10.1. The van der Waals surface area contributed by atoms with Gasteiger partial charge in [-0.1, -0.05) is 6.08 Å². The molecule has 0 aromatic carbocycles. The van der Waals surface area contributed by atoms with Crippen LogP contribution in [-0.4, -0.2) is 48.7 Å². The Bertz CT molecular complexity index is 517. The monoisotopic (exact) mass is 265 g/mol. The predicted molar refractivity (Wildman–Crippen MR) is 66.1 cm³/mol. The quantitative estimate of drug-likeness (QED) is 0.832. The van der Waals surface area contributed by atoms with Crippen LogP contribution in [0.3, 0.4) is 0 Å². The number of nitrogens with zero attached hydrogens (tertiary/aromatic N) is 1. The molecule has 102 valence electrons. The molecule has 1 aliphatic heterocycles. The van der Waals surface area contributed by atoms with Gasteiger partial charge in [0.05, 0.1) is 12.2 Å². The van der Waals surface area contributed by atoms with E-state index < -0.39 is 5.97 Å². The summed E-state index contributed by atoms with van der Waals surface area (Å²) in [5.74, 6) is -1.34. The molecule has 0 unspecified atom stereocenters. The van der Waals surface area contributed by atoms with Gasteiger partial charge in [-0.05, 0) is 12.0 Å². The molecule has 2 heterocycles. The van der Waals surface area contributed by atoms with Crippen molar-refractivity contribution >= 4 is 11.9 Å². The molecule has 6 heteroatoms. The zero-order valence-electron chi connectivity index (χ0n) is 10.6. The van der Waals surface area contributed by atoms with E-state index in [0.717, 1.165) is 18.3 Å². The van der Waals surface area contributed by atoms with Crippen molar-refractivity contribution in [2.24, 2.45) is 0 Å². The Labute approximate surface area is 110 Å². The number of carbonyl (C=O) groups is 2. The minimum Gasteiger partial charge on any atom is -0.478 e. The molecule has 1 aromatic heterocycles. The number of furan rings is 1. The molecule has 0 aliphatic carbocycles. The number of methoxy groups -OCH3 is 1. The van der Waals surface area contributed by atoms with Crippen molar-refractivity contribution in [1.82, 2.24) is 4.90 Å². The fourth-order valence-electron chi connectivity index (χ4n) is 1.93. The first-order valence-electron chi connectivity index (χ1n) is 5.89. The van der Waals surface area contributed by atoms with Crippen LogP contribution in [0.5, 0.6) is 0 Å². The molecule has 0 atom stereocenters. The van der Waals surface area contributed by atoms with Crippen LogP contribution in [0.1, 0.15) is 27.3 Å². The summed E-state index contributed by atoms with van der Waals surface area (Å²) in [4.78, 5) is 24.4. The number of hydrogen-bond donors (Lipinski definition) is 1. The summed E-state index contributed by atoms with van der Waals surface area (Å²) in [7, 11) is 1.63. The van der Waals surface area contributed by atoms with Gasteiger partial charge in [0.25, 0.3) is 5.91 Å². The molecule has 0 fully saturated rings. The van der Waals surface area contributed by atoms with Gasteiger partial charge in [0, 0.05) is 26.3 Å². The summed E-state index contributed by atoms with van der Waals surface area (Å²) >= 11 is 0. The molecule has 19 heavy (non-hydrogen) atoms. The third-order valence-electron chi connectivity index (χ3n) is 2.98. The Hall–Kier alpha value is -2.08.